The normalized spacial score (nSPS) is 18.6. The van der Waals surface area contributed by atoms with Crippen molar-refractivity contribution in [2.24, 2.45) is 5.92 Å². The number of halogens is 1. The van der Waals surface area contributed by atoms with E-state index in [-0.39, 0.29) is 18.0 Å². The van der Waals surface area contributed by atoms with Crippen molar-refractivity contribution in [2.45, 2.75) is 44.6 Å². The maximum Gasteiger partial charge on any atom is 0.328 e. The third kappa shape index (κ3) is 10.1. The number of nitrogen functional groups attached to an aromatic ring is 1. The summed E-state index contributed by atoms with van der Waals surface area (Å²) in [7, 11) is 1.56. The number of carbonyl (C=O) groups is 4. The first kappa shape index (κ1) is 32.4. The van der Waals surface area contributed by atoms with Crippen molar-refractivity contribution in [2.75, 3.05) is 58.7 Å². The number of nitrogens with one attached hydrogen (secondary N) is 1. The number of nitrogens with zero attached hydrogens (tertiary/aromatic N) is 3. The first-order valence-electron chi connectivity index (χ1n) is 13.9. The molecule has 0 radical (unpaired) electrons. The smallest absolute Gasteiger partial charge is 0.328 e. The standard InChI is InChI=1S/C24H36IN5O3.C4H4O4/c1-33-22-15-21(26)20(25)14-19(22)23(31)27-18-6-10-28(11-7-18)16-17-4-12-30(13-5-17)24(32)29-8-2-3-9-29;5-3(6)1-2-4(7)8/h14-15,17-18H,2-13,16,26H2,1H3,(H,27,31);1-2H,(H,5,6)(H,7,8). The first-order chi connectivity index (χ1) is 19.6. The molecule has 0 unspecified atom stereocenters. The van der Waals surface area contributed by atoms with Crippen LogP contribution in [0.25, 0.3) is 0 Å². The van der Waals surface area contributed by atoms with Crippen molar-refractivity contribution in [1.82, 2.24) is 20.0 Å². The fourth-order valence-electron chi connectivity index (χ4n) is 5.36. The molecule has 0 aromatic heterocycles. The Bertz CT molecular complexity index is 1090. The molecule has 5 N–H and O–H groups in total. The second kappa shape index (κ2) is 15.8. The Morgan fingerprint density at radius 3 is 2.05 bits per heavy atom. The fourth-order valence-corrected chi connectivity index (χ4v) is 5.83. The van der Waals surface area contributed by atoms with Crippen molar-refractivity contribution in [3.63, 3.8) is 0 Å². The van der Waals surface area contributed by atoms with Crippen LogP contribution in [0, 0.1) is 9.49 Å². The van der Waals surface area contributed by atoms with E-state index in [2.05, 4.69) is 37.7 Å². The van der Waals surface area contributed by atoms with E-state index in [0.717, 1.165) is 87.9 Å². The molecule has 12 nitrogen and oxygen atoms in total. The summed E-state index contributed by atoms with van der Waals surface area (Å²) in [4.78, 5) is 51.1. The molecule has 0 saturated carbocycles. The van der Waals surface area contributed by atoms with Crippen LogP contribution in [0.4, 0.5) is 10.5 Å². The van der Waals surface area contributed by atoms with Crippen LogP contribution in [-0.2, 0) is 9.59 Å². The van der Waals surface area contributed by atoms with E-state index >= 15 is 0 Å². The van der Waals surface area contributed by atoms with E-state index in [4.69, 9.17) is 20.7 Å². The number of amides is 3. The van der Waals surface area contributed by atoms with Crippen molar-refractivity contribution in [3.05, 3.63) is 33.4 Å². The van der Waals surface area contributed by atoms with Gasteiger partial charge in [0.05, 0.1) is 12.7 Å². The van der Waals surface area contributed by atoms with Gasteiger partial charge in [0, 0.05) is 79.3 Å². The van der Waals surface area contributed by atoms with Gasteiger partial charge in [0.1, 0.15) is 5.75 Å². The zero-order chi connectivity index (χ0) is 29.9. The van der Waals surface area contributed by atoms with Gasteiger partial charge in [-0.3, -0.25) is 4.79 Å². The Kier molecular flexibility index (Phi) is 12.5. The molecule has 3 heterocycles. The second-order valence-electron chi connectivity index (χ2n) is 10.5. The molecule has 3 fully saturated rings. The summed E-state index contributed by atoms with van der Waals surface area (Å²) in [5, 5.41) is 18.8. The fraction of sp³-hybridized carbons (Fsp3) is 0.571. The topological polar surface area (TPSA) is 166 Å². The molecule has 1 aromatic rings. The Balaban J connectivity index is 0.000000507. The Morgan fingerprint density at radius 1 is 0.951 bits per heavy atom. The number of carboxylic acid groups (broad SMARTS) is 2. The lowest BCUT2D eigenvalue weighted by Gasteiger charge is -2.38. The number of aliphatic carboxylic acids is 2. The lowest BCUT2D eigenvalue weighted by Crippen LogP contribution is -2.49. The molecule has 0 atom stereocenters. The molecule has 3 saturated heterocycles. The summed E-state index contributed by atoms with van der Waals surface area (Å²) in [5.74, 6) is -1.45. The van der Waals surface area contributed by atoms with Gasteiger partial charge in [-0.2, -0.15) is 0 Å². The van der Waals surface area contributed by atoms with Gasteiger partial charge >= 0.3 is 18.0 Å². The zero-order valence-electron chi connectivity index (χ0n) is 23.4. The average Bonchev–Trinajstić information content (AvgIpc) is 3.50. The highest BCUT2D eigenvalue weighted by Gasteiger charge is 2.30. The van der Waals surface area contributed by atoms with Crippen LogP contribution in [0.5, 0.6) is 5.75 Å². The number of rotatable bonds is 7. The number of methoxy groups -OCH3 is 1. The van der Waals surface area contributed by atoms with Crippen LogP contribution in [0.3, 0.4) is 0 Å². The lowest BCUT2D eigenvalue weighted by molar-refractivity contribution is -0.134. The molecule has 4 rings (SSSR count). The van der Waals surface area contributed by atoms with E-state index < -0.39 is 11.9 Å². The zero-order valence-corrected chi connectivity index (χ0v) is 25.5. The van der Waals surface area contributed by atoms with Gasteiger partial charge in [-0.05, 0) is 73.1 Å². The van der Waals surface area contributed by atoms with Crippen molar-refractivity contribution >= 4 is 52.2 Å². The van der Waals surface area contributed by atoms with Gasteiger partial charge in [-0.1, -0.05) is 0 Å². The van der Waals surface area contributed by atoms with E-state index in [1.165, 1.54) is 0 Å². The third-order valence-corrected chi connectivity index (χ3v) is 8.57. The number of carboxylic acids is 2. The Labute approximate surface area is 254 Å². The van der Waals surface area contributed by atoms with Gasteiger partial charge in [0.2, 0.25) is 0 Å². The van der Waals surface area contributed by atoms with Crippen LogP contribution in [-0.4, -0.2) is 108 Å². The quantitative estimate of drug-likeness (QED) is 0.192. The minimum Gasteiger partial charge on any atom is -0.496 e. The number of hydrogen-bond acceptors (Lipinski definition) is 7. The van der Waals surface area contributed by atoms with Gasteiger partial charge in [-0.15, -0.1) is 0 Å². The van der Waals surface area contributed by atoms with E-state index in [1.807, 2.05) is 4.90 Å². The lowest BCUT2D eigenvalue weighted by atomic mass is 9.94. The number of nitrogens with two attached hydrogens (primary N) is 1. The van der Waals surface area contributed by atoms with Gasteiger partial charge in [-0.25, -0.2) is 14.4 Å². The number of hydrogen-bond donors (Lipinski definition) is 4. The molecule has 0 bridgehead atoms. The number of anilines is 1. The predicted molar refractivity (Wildman–Crippen MR) is 162 cm³/mol. The number of carbonyl (C=O) groups excluding carboxylic acids is 2. The molecule has 0 aliphatic carbocycles. The van der Waals surface area contributed by atoms with Gasteiger partial charge < -0.3 is 40.7 Å². The third-order valence-electron chi connectivity index (χ3n) is 7.63. The number of likely N-dealkylation sites (tertiary alicyclic amines) is 3. The number of benzene rings is 1. The summed E-state index contributed by atoms with van der Waals surface area (Å²) in [5.41, 5.74) is 7.10. The van der Waals surface area contributed by atoms with Crippen LogP contribution in [0.1, 0.15) is 48.9 Å². The largest absolute Gasteiger partial charge is 0.496 e. The maximum absolute atomic E-state index is 12.9. The van der Waals surface area contributed by atoms with Crippen LogP contribution < -0.4 is 15.8 Å². The molecule has 13 heteroatoms. The summed E-state index contributed by atoms with van der Waals surface area (Å²) in [6.45, 7) is 6.70. The molecular weight excluding hydrogens is 645 g/mol. The Hall–Kier alpha value is -3.07. The monoisotopic (exact) mass is 685 g/mol. The van der Waals surface area contributed by atoms with E-state index in [1.54, 1.807) is 19.2 Å². The summed E-state index contributed by atoms with van der Waals surface area (Å²) in [6.07, 6.45) is 7.48. The minimum absolute atomic E-state index is 0.0988. The van der Waals surface area contributed by atoms with Crippen molar-refractivity contribution in [3.8, 4) is 5.75 Å². The van der Waals surface area contributed by atoms with Gasteiger partial charge in [0.25, 0.3) is 5.91 Å². The van der Waals surface area contributed by atoms with Crippen molar-refractivity contribution < 1.29 is 34.1 Å². The number of ether oxygens (including phenoxy) is 1. The molecule has 41 heavy (non-hydrogen) atoms. The number of urea groups is 1. The van der Waals surface area contributed by atoms with Crippen LogP contribution in [0.2, 0.25) is 0 Å². The highest BCUT2D eigenvalue weighted by molar-refractivity contribution is 14.1. The summed E-state index contributed by atoms with van der Waals surface area (Å²) in [6, 6.07) is 3.92. The van der Waals surface area contributed by atoms with Gasteiger partial charge in [0.15, 0.2) is 0 Å². The van der Waals surface area contributed by atoms with Crippen LogP contribution in [0.15, 0.2) is 24.3 Å². The van der Waals surface area contributed by atoms with E-state index in [9.17, 15) is 19.2 Å². The summed E-state index contributed by atoms with van der Waals surface area (Å²) >= 11 is 2.14. The molecule has 3 amide bonds. The SMILES string of the molecule is COc1cc(N)c(I)cc1C(=O)NC1CCN(CC2CCN(C(=O)N3CCCC3)CC2)CC1.O=C(O)C=CC(=O)O. The second-order valence-corrected chi connectivity index (χ2v) is 11.7. The predicted octanol–water partition coefficient (Wildman–Crippen LogP) is 2.72. The van der Waals surface area contributed by atoms with Crippen LogP contribution >= 0.6 is 22.6 Å². The molecule has 3 aliphatic heterocycles. The first-order valence-corrected chi connectivity index (χ1v) is 15.0. The molecule has 3 aliphatic rings. The Morgan fingerprint density at radius 2 is 1.51 bits per heavy atom. The minimum atomic E-state index is -1.26. The van der Waals surface area contributed by atoms with E-state index in [0.29, 0.717) is 35.1 Å². The highest BCUT2D eigenvalue weighted by Crippen LogP contribution is 2.27. The molecular formula is C28H40IN5O7. The highest BCUT2D eigenvalue weighted by atomic mass is 127. The molecule has 1 aromatic carbocycles. The number of piperidine rings is 2. The average molecular weight is 686 g/mol. The maximum atomic E-state index is 12.9. The van der Waals surface area contributed by atoms with Crippen molar-refractivity contribution in [1.29, 1.82) is 0 Å². The molecule has 0 spiro atoms. The summed E-state index contributed by atoms with van der Waals surface area (Å²) < 4.78 is 6.21. The molecule has 226 valence electrons.